The second-order valence-corrected chi connectivity index (χ2v) is 4.64. The molecule has 0 aliphatic carbocycles. The van der Waals surface area contributed by atoms with Gasteiger partial charge in [-0.05, 0) is 12.5 Å². The number of rotatable bonds is 5. The zero-order valence-corrected chi connectivity index (χ0v) is 11.2. The van der Waals surface area contributed by atoms with Crippen molar-refractivity contribution in [3.05, 3.63) is 35.9 Å². The summed E-state index contributed by atoms with van der Waals surface area (Å²) in [7, 11) is 0. The summed E-state index contributed by atoms with van der Waals surface area (Å²) in [5.41, 5.74) is 1.02. The minimum absolute atomic E-state index is 0.224. The van der Waals surface area contributed by atoms with Gasteiger partial charge in [0.05, 0.1) is 19.3 Å². The lowest BCUT2D eigenvalue weighted by molar-refractivity contribution is -0.138. The van der Waals surface area contributed by atoms with Crippen LogP contribution in [0.3, 0.4) is 0 Å². The third kappa shape index (κ3) is 3.42. The van der Waals surface area contributed by atoms with E-state index in [4.69, 9.17) is 4.74 Å². The van der Waals surface area contributed by atoms with Gasteiger partial charge < -0.3 is 4.74 Å². The number of carbonyl (C=O) groups is 3. The summed E-state index contributed by atoms with van der Waals surface area (Å²) in [6.07, 6.45) is -0.297. The first-order chi connectivity index (χ1) is 9.58. The molecule has 0 saturated carbocycles. The van der Waals surface area contributed by atoms with Crippen LogP contribution in [-0.2, 0) is 20.9 Å². The van der Waals surface area contributed by atoms with E-state index in [0.29, 0.717) is 6.61 Å². The van der Waals surface area contributed by atoms with E-state index in [1.165, 1.54) is 0 Å². The topological polar surface area (TPSA) is 75.7 Å². The molecule has 4 amide bonds. The van der Waals surface area contributed by atoms with Gasteiger partial charge in [-0.15, -0.1) is 0 Å². The molecular weight excluding hydrogens is 260 g/mol. The van der Waals surface area contributed by atoms with Crippen molar-refractivity contribution < 1.29 is 19.1 Å². The molecule has 0 spiro atoms. The molecule has 1 atom stereocenters. The van der Waals surface area contributed by atoms with E-state index in [-0.39, 0.29) is 13.0 Å². The van der Waals surface area contributed by atoms with Crippen molar-refractivity contribution in [1.29, 1.82) is 0 Å². The molecule has 6 heteroatoms. The second kappa shape index (κ2) is 6.29. The molecule has 1 N–H and O–H groups in total. The summed E-state index contributed by atoms with van der Waals surface area (Å²) in [6, 6.07) is 8.51. The molecule has 0 unspecified atom stereocenters. The van der Waals surface area contributed by atoms with E-state index in [2.05, 4.69) is 5.32 Å². The fraction of sp³-hybridized carbons (Fsp3) is 0.357. The Kier molecular flexibility index (Phi) is 4.47. The van der Waals surface area contributed by atoms with Crippen LogP contribution in [0.2, 0.25) is 0 Å². The Bertz CT molecular complexity index is 495. The van der Waals surface area contributed by atoms with E-state index in [1.54, 1.807) is 6.92 Å². The third-order valence-electron chi connectivity index (χ3n) is 2.96. The predicted octanol–water partition coefficient (Wildman–Crippen LogP) is 1.06. The molecule has 1 aromatic carbocycles. The van der Waals surface area contributed by atoms with Gasteiger partial charge in [0.25, 0.3) is 0 Å². The van der Waals surface area contributed by atoms with Gasteiger partial charge in [-0.2, -0.15) is 0 Å². The molecule has 0 bridgehead atoms. The lowest BCUT2D eigenvalue weighted by atomic mass is 10.2. The average Bonchev–Trinajstić information content (AvgIpc) is 2.38. The second-order valence-electron chi connectivity index (χ2n) is 4.64. The highest BCUT2D eigenvalue weighted by atomic mass is 16.5. The Balaban J connectivity index is 1.85. The number of hydrogen-bond donors (Lipinski definition) is 1. The van der Waals surface area contributed by atoms with E-state index in [9.17, 15) is 14.4 Å². The third-order valence-corrected chi connectivity index (χ3v) is 2.96. The summed E-state index contributed by atoms with van der Waals surface area (Å²) in [4.78, 5) is 35.4. The van der Waals surface area contributed by atoms with Gasteiger partial charge in [0.1, 0.15) is 6.42 Å². The van der Waals surface area contributed by atoms with Crippen LogP contribution in [0.25, 0.3) is 0 Å². The van der Waals surface area contributed by atoms with Gasteiger partial charge in [0.15, 0.2) is 0 Å². The molecule has 106 valence electrons. The van der Waals surface area contributed by atoms with Crippen LogP contribution in [0.5, 0.6) is 0 Å². The molecule has 1 aliphatic rings. The van der Waals surface area contributed by atoms with Crippen molar-refractivity contribution in [2.75, 3.05) is 6.61 Å². The molecule has 20 heavy (non-hydrogen) atoms. The summed E-state index contributed by atoms with van der Waals surface area (Å²) in [6.45, 7) is 2.34. The molecular formula is C14H16N2O4. The summed E-state index contributed by atoms with van der Waals surface area (Å²) >= 11 is 0. The Labute approximate surface area is 116 Å². The first-order valence-corrected chi connectivity index (χ1v) is 6.35. The maximum atomic E-state index is 11.7. The summed E-state index contributed by atoms with van der Waals surface area (Å²) in [5, 5.41) is 2.12. The first kappa shape index (κ1) is 14.2. The lowest BCUT2D eigenvalue weighted by Gasteiger charge is -2.30. The smallest absolute Gasteiger partial charge is 0.331 e. The fourth-order valence-electron chi connectivity index (χ4n) is 2.00. The van der Waals surface area contributed by atoms with Crippen molar-refractivity contribution in [2.24, 2.45) is 0 Å². The lowest BCUT2D eigenvalue weighted by Crippen LogP contribution is -2.56. The highest BCUT2D eigenvalue weighted by Gasteiger charge is 2.34. The Hall–Kier alpha value is -2.21. The van der Waals surface area contributed by atoms with Crippen LogP contribution in [0.15, 0.2) is 30.3 Å². The van der Waals surface area contributed by atoms with Gasteiger partial charge in [-0.3, -0.25) is 19.8 Å². The van der Waals surface area contributed by atoms with Crippen molar-refractivity contribution in [3.8, 4) is 0 Å². The molecule has 1 saturated heterocycles. The fourth-order valence-corrected chi connectivity index (χ4v) is 2.00. The highest BCUT2D eigenvalue weighted by Crippen LogP contribution is 2.09. The van der Waals surface area contributed by atoms with Gasteiger partial charge in [0, 0.05) is 0 Å². The number of nitrogens with zero attached hydrogens (tertiary/aromatic N) is 1. The molecule has 0 aromatic heterocycles. The van der Waals surface area contributed by atoms with Gasteiger partial charge in [-0.25, -0.2) is 4.79 Å². The number of carbonyl (C=O) groups excluding carboxylic acids is 3. The number of imide groups is 2. The summed E-state index contributed by atoms with van der Waals surface area (Å²) in [5.74, 6) is -1.05. The van der Waals surface area contributed by atoms with Gasteiger partial charge in [-0.1, -0.05) is 30.3 Å². The SMILES string of the molecule is C[C@H](COCc1ccccc1)N1C(=O)CC(=O)NC1=O. The molecule has 1 fully saturated rings. The van der Waals surface area contributed by atoms with Crippen LogP contribution < -0.4 is 5.32 Å². The molecule has 2 rings (SSSR count). The number of amides is 4. The minimum atomic E-state index is -0.679. The van der Waals surface area contributed by atoms with Crippen molar-refractivity contribution in [2.45, 2.75) is 26.0 Å². The van der Waals surface area contributed by atoms with E-state index in [0.717, 1.165) is 10.5 Å². The average molecular weight is 276 g/mol. The number of hydrogen-bond acceptors (Lipinski definition) is 4. The van der Waals surface area contributed by atoms with Gasteiger partial charge in [0.2, 0.25) is 11.8 Å². The molecule has 0 radical (unpaired) electrons. The minimum Gasteiger partial charge on any atom is -0.375 e. The molecule has 1 heterocycles. The summed E-state index contributed by atoms with van der Waals surface area (Å²) < 4.78 is 5.50. The maximum Gasteiger partial charge on any atom is 0.331 e. The monoisotopic (exact) mass is 276 g/mol. The van der Waals surface area contributed by atoms with Crippen LogP contribution in [0.1, 0.15) is 18.9 Å². The number of ether oxygens (including phenoxy) is 1. The zero-order valence-electron chi connectivity index (χ0n) is 11.2. The Morgan fingerprint density at radius 3 is 2.60 bits per heavy atom. The number of benzene rings is 1. The van der Waals surface area contributed by atoms with E-state index in [1.807, 2.05) is 30.3 Å². The van der Waals surface area contributed by atoms with Crippen molar-refractivity contribution in [3.63, 3.8) is 0 Å². The van der Waals surface area contributed by atoms with Crippen LogP contribution in [0, 0.1) is 0 Å². The number of urea groups is 1. The molecule has 1 aromatic rings. The largest absolute Gasteiger partial charge is 0.375 e. The number of nitrogens with one attached hydrogen (secondary N) is 1. The van der Waals surface area contributed by atoms with Gasteiger partial charge >= 0.3 is 6.03 Å². The molecule has 6 nitrogen and oxygen atoms in total. The molecule has 1 aliphatic heterocycles. The highest BCUT2D eigenvalue weighted by molar-refractivity contribution is 6.14. The van der Waals surface area contributed by atoms with Crippen LogP contribution in [-0.4, -0.2) is 35.4 Å². The quantitative estimate of drug-likeness (QED) is 0.816. The maximum absolute atomic E-state index is 11.7. The standard InChI is InChI=1S/C14H16N2O4/c1-10(8-20-9-11-5-3-2-4-6-11)16-13(18)7-12(17)15-14(16)19/h2-6,10H,7-9H2,1H3,(H,15,17,19)/t10-/m1/s1. The van der Waals surface area contributed by atoms with Crippen LogP contribution in [0.4, 0.5) is 4.79 Å². The predicted molar refractivity (Wildman–Crippen MR) is 70.6 cm³/mol. The Morgan fingerprint density at radius 1 is 1.25 bits per heavy atom. The number of barbiturate groups is 1. The van der Waals surface area contributed by atoms with Crippen molar-refractivity contribution in [1.82, 2.24) is 10.2 Å². The van der Waals surface area contributed by atoms with E-state index < -0.39 is 23.9 Å². The van der Waals surface area contributed by atoms with E-state index >= 15 is 0 Å². The zero-order chi connectivity index (χ0) is 14.5. The Morgan fingerprint density at radius 2 is 1.95 bits per heavy atom. The van der Waals surface area contributed by atoms with Crippen LogP contribution >= 0.6 is 0 Å². The normalized spacial score (nSPS) is 17.1. The first-order valence-electron chi connectivity index (χ1n) is 6.35. The van der Waals surface area contributed by atoms with Crippen molar-refractivity contribution >= 4 is 17.8 Å².